The van der Waals surface area contributed by atoms with Crippen molar-refractivity contribution in [2.75, 3.05) is 0 Å². The quantitative estimate of drug-likeness (QED) is 0.784. The van der Waals surface area contributed by atoms with E-state index in [0.29, 0.717) is 0 Å². The van der Waals surface area contributed by atoms with Gasteiger partial charge in [0.25, 0.3) is 0 Å². The summed E-state index contributed by atoms with van der Waals surface area (Å²) in [6.45, 7) is 1.86. The van der Waals surface area contributed by atoms with Crippen LogP contribution < -0.4 is 10.6 Å². The number of nitrogens with one attached hydrogen (secondary N) is 2. The lowest BCUT2D eigenvalue weighted by molar-refractivity contribution is -0.123. The van der Waals surface area contributed by atoms with Crippen molar-refractivity contribution in [1.29, 1.82) is 0 Å². The molecule has 3 N–H and O–H groups in total. The fourth-order valence-corrected chi connectivity index (χ4v) is 4.61. The Hall–Kier alpha value is -1.89. The molecule has 0 radical (unpaired) electrons. The molecular weight excluding hydrogens is 310 g/mol. The van der Waals surface area contributed by atoms with Crippen molar-refractivity contribution >= 4 is 17.7 Å². The van der Waals surface area contributed by atoms with E-state index >= 15 is 0 Å². The highest BCUT2D eigenvalue weighted by molar-refractivity contribution is 8.01. The molecule has 0 saturated carbocycles. The molecule has 0 bridgehead atoms. The maximum absolute atomic E-state index is 12.6. The monoisotopic (exact) mass is 327 g/mol. The van der Waals surface area contributed by atoms with Crippen LogP contribution >= 0.6 is 11.8 Å². The first-order valence-corrected chi connectivity index (χ1v) is 8.44. The van der Waals surface area contributed by atoms with Gasteiger partial charge < -0.3 is 10.4 Å². The Morgan fingerprint density at radius 3 is 2.83 bits per heavy atom. The summed E-state index contributed by atoms with van der Waals surface area (Å²) < 4.78 is 0. The van der Waals surface area contributed by atoms with Crippen molar-refractivity contribution in [3.8, 4) is 0 Å². The van der Waals surface area contributed by atoms with Crippen LogP contribution in [0.5, 0.6) is 0 Å². The number of fused-ring (bicyclic) bond motifs is 3. The van der Waals surface area contributed by atoms with Crippen LogP contribution in [0.2, 0.25) is 0 Å². The van der Waals surface area contributed by atoms with E-state index in [0.717, 1.165) is 27.4 Å². The van der Waals surface area contributed by atoms with E-state index in [4.69, 9.17) is 0 Å². The summed E-state index contributed by atoms with van der Waals surface area (Å²) in [5, 5.41) is 16.8. The van der Waals surface area contributed by atoms with Gasteiger partial charge in [0.15, 0.2) is 0 Å². The van der Waals surface area contributed by atoms with Crippen LogP contribution in [0.1, 0.15) is 34.6 Å². The molecular formula is C17H17N3O2S. The van der Waals surface area contributed by atoms with Crippen molar-refractivity contribution in [2.45, 2.75) is 36.0 Å². The maximum atomic E-state index is 12.6. The van der Waals surface area contributed by atoms with Gasteiger partial charge in [-0.15, -0.1) is 0 Å². The number of carbonyl (C=O) groups excluding carboxylic acids is 1. The van der Waals surface area contributed by atoms with Crippen LogP contribution in [-0.2, 0) is 11.4 Å². The Morgan fingerprint density at radius 2 is 2.09 bits per heavy atom. The van der Waals surface area contributed by atoms with Gasteiger partial charge in [-0.05, 0) is 24.1 Å². The minimum atomic E-state index is -0.246. The van der Waals surface area contributed by atoms with E-state index in [1.807, 2.05) is 43.3 Å². The van der Waals surface area contributed by atoms with Crippen molar-refractivity contribution < 1.29 is 9.90 Å². The van der Waals surface area contributed by atoms with Crippen LogP contribution in [0.4, 0.5) is 0 Å². The third-order valence-electron chi connectivity index (χ3n) is 4.28. The number of hydrogen-bond donors (Lipinski definition) is 3. The van der Waals surface area contributed by atoms with Gasteiger partial charge in [0.1, 0.15) is 16.4 Å². The van der Waals surface area contributed by atoms with Gasteiger partial charge in [-0.1, -0.05) is 42.1 Å². The number of benzene rings is 1. The fourth-order valence-electron chi connectivity index (χ4n) is 3.26. The molecule has 1 aromatic carbocycles. The number of aliphatic hydroxyl groups excluding tert-OH is 1. The van der Waals surface area contributed by atoms with Gasteiger partial charge in [-0.25, -0.2) is 4.98 Å². The molecule has 1 aromatic heterocycles. The van der Waals surface area contributed by atoms with E-state index in [2.05, 4.69) is 15.6 Å². The maximum Gasteiger partial charge on any atom is 0.236 e. The lowest BCUT2D eigenvalue weighted by Crippen LogP contribution is -2.52. The molecule has 1 amide bonds. The molecule has 3 heterocycles. The number of hydrogen-bond acceptors (Lipinski definition) is 5. The predicted molar refractivity (Wildman–Crippen MR) is 87.7 cm³/mol. The average Bonchev–Trinajstić information content (AvgIpc) is 2.93. The second-order valence-electron chi connectivity index (χ2n) is 5.83. The number of thioether (sulfide) groups is 1. The lowest BCUT2D eigenvalue weighted by atomic mass is 9.96. The predicted octanol–water partition coefficient (Wildman–Crippen LogP) is 1.82. The largest absolute Gasteiger partial charge is 0.392 e. The van der Waals surface area contributed by atoms with E-state index in [1.165, 1.54) is 11.8 Å². The zero-order valence-corrected chi connectivity index (χ0v) is 13.4. The summed E-state index contributed by atoms with van der Waals surface area (Å²) in [7, 11) is 0. The van der Waals surface area contributed by atoms with Crippen LogP contribution in [0.25, 0.3) is 0 Å². The summed E-state index contributed by atoms with van der Waals surface area (Å²) in [5.74, 6) is 0.00662. The molecule has 4 rings (SSSR count). The fraction of sp³-hybridized carbons (Fsp3) is 0.294. The van der Waals surface area contributed by atoms with Gasteiger partial charge in [0, 0.05) is 11.3 Å². The number of amides is 1. The third-order valence-corrected chi connectivity index (χ3v) is 5.56. The second-order valence-corrected chi connectivity index (χ2v) is 6.97. The number of nitrogens with zero attached hydrogens (tertiary/aromatic N) is 1. The number of aliphatic hydroxyl groups is 1. The molecule has 2 aliphatic rings. The smallest absolute Gasteiger partial charge is 0.236 e. The first-order valence-electron chi connectivity index (χ1n) is 7.56. The normalized spacial score (nSPS) is 25.7. The van der Waals surface area contributed by atoms with Gasteiger partial charge in [0.05, 0.1) is 12.6 Å². The van der Waals surface area contributed by atoms with Crippen LogP contribution in [-0.4, -0.2) is 21.2 Å². The van der Waals surface area contributed by atoms with Crippen molar-refractivity contribution in [1.82, 2.24) is 15.6 Å². The molecule has 2 aliphatic heterocycles. The Labute approximate surface area is 138 Å². The van der Waals surface area contributed by atoms with Crippen molar-refractivity contribution in [3.63, 3.8) is 0 Å². The Balaban J connectivity index is 1.74. The summed E-state index contributed by atoms with van der Waals surface area (Å²) in [6.07, 6.45) is -0.232. The summed E-state index contributed by atoms with van der Waals surface area (Å²) in [5.41, 5.74) is 3.69. The first kappa shape index (κ1) is 14.7. The summed E-state index contributed by atoms with van der Waals surface area (Å²) >= 11 is 1.47. The molecule has 1 fully saturated rings. The van der Waals surface area contributed by atoms with Crippen LogP contribution in [0.15, 0.2) is 41.4 Å². The Bertz CT molecular complexity index is 766. The molecule has 3 unspecified atom stereocenters. The molecule has 0 spiro atoms. The highest BCUT2D eigenvalue weighted by Crippen LogP contribution is 2.47. The van der Waals surface area contributed by atoms with Crippen LogP contribution in [0.3, 0.4) is 0 Å². The van der Waals surface area contributed by atoms with Gasteiger partial charge in [-0.3, -0.25) is 10.1 Å². The Morgan fingerprint density at radius 1 is 1.30 bits per heavy atom. The molecule has 5 nitrogen and oxygen atoms in total. The van der Waals surface area contributed by atoms with E-state index in [-0.39, 0.29) is 30.0 Å². The van der Waals surface area contributed by atoms with Crippen molar-refractivity contribution in [2.24, 2.45) is 0 Å². The number of rotatable bonds is 2. The standard InChI is InChI=1S/C17H17N3O2S/c1-9-7-11(8-21)12-13-14(23-17(12)18-9)16(22)20-15(19-13)10-5-3-2-4-6-10/h2-7,13-15,19,21H,8H2,1H3,(H,20,22). The molecule has 6 heteroatoms. The molecule has 3 atom stereocenters. The minimum absolute atomic E-state index is 0.00662. The van der Waals surface area contributed by atoms with E-state index in [9.17, 15) is 9.90 Å². The van der Waals surface area contributed by atoms with E-state index < -0.39 is 0 Å². The minimum Gasteiger partial charge on any atom is -0.392 e. The average molecular weight is 327 g/mol. The number of aryl methyl sites for hydroxylation is 1. The number of aromatic nitrogens is 1. The molecule has 118 valence electrons. The SMILES string of the molecule is Cc1cc(CO)c2c(n1)SC1C(=O)NC(c3ccccc3)NC21. The molecule has 1 saturated heterocycles. The highest BCUT2D eigenvalue weighted by Gasteiger charge is 2.45. The highest BCUT2D eigenvalue weighted by atomic mass is 32.2. The second kappa shape index (κ2) is 5.63. The van der Waals surface area contributed by atoms with Crippen molar-refractivity contribution in [3.05, 3.63) is 58.8 Å². The van der Waals surface area contributed by atoms with E-state index in [1.54, 1.807) is 0 Å². The Kier molecular flexibility index (Phi) is 3.60. The zero-order valence-electron chi connectivity index (χ0n) is 12.6. The lowest BCUT2D eigenvalue weighted by Gasteiger charge is -2.34. The zero-order chi connectivity index (χ0) is 16.0. The van der Waals surface area contributed by atoms with Crippen LogP contribution in [0, 0.1) is 6.92 Å². The molecule has 2 aromatic rings. The third kappa shape index (κ3) is 2.43. The topological polar surface area (TPSA) is 74.2 Å². The summed E-state index contributed by atoms with van der Waals surface area (Å²) in [6, 6.07) is 11.6. The summed E-state index contributed by atoms with van der Waals surface area (Å²) in [4.78, 5) is 17.1. The van der Waals surface area contributed by atoms with Gasteiger partial charge >= 0.3 is 0 Å². The number of carbonyl (C=O) groups is 1. The van der Waals surface area contributed by atoms with Gasteiger partial charge in [0.2, 0.25) is 5.91 Å². The molecule has 23 heavy (non-hydrogen) atoms. The number of pyridine rings is 1. The first-order chi connectivity index (χ1) is 11.2. The molecule has 0 aliphatic carbocycles. The van der Waals surface area contributed by atoms with Gasteiger partial charge in [-0.2, -0.15) is 0 Å².